The van der Waals surface area contributed by atoms with Gasteiger partial charge in [0.25, 0.3) is 5.56 Å². The smallest absolute Gasteiger partial charge is 0.334 e. The molecule has 0 aliphatic heterocycles. The van der Waals surface area contributed by atoms with E-state index < -0.39 is 11.2 Å². The predicted octanol–water partition coefficient (Wildman–Crippen LogP) is 3.44. The maximum Gasteiger partial charge on any atom is 0.334 e. The first-order chi connectivity index (χ1) is 11.5. The second-order valence-corrected chi connectivity index (χ2v) is 5.91. The molecule has 2 aromatic carbocycles. The van der Waals surface area contributed by atoms with Gasteiger partial charge in [-0.25, -0.2) is 9.36 Å². The van der Waals surface area contributed by atoms with Crippen molar-refractivity contribution in [3.05, 3.63) is 91.0 Å². The van der Waals surface area contributed by atoms with Crippen LogP contribution in [0.15, 0.2) is 64.2 Å². The first-order valence-corrected chi connectivity index (χ1v) is 7.90. The van der Waals surface area contributed by atoms with E-state index in [0.29, 0.717) is 28.1 Å². The third-order valence-corrected chi connectivity index (χ3v) is 4.15. The van der Waals surface area contributed by atoms with Crippen LogP contribution in [0.5, 0.6) is 0 Å². The summed E-state index contributed by atoms with van der Waals surface area (Å²) < 4.78 is 1.07. The molecule has 0 bridgehead atoms. The zero-order chi connectivity index (χ0) is 17.1. The van der Waals surface area contributed by atoms with Gasteiger partial charge in [-0.3, -0.25) is 9.78 Å². The van der Waals surface area contributed by atoms with E-state index >= 15 is 0 Å². The molecular formula is C17H13Cl2N3O2. The van der Waals surface area contributed by atoms with Crippen molar-refractivity contribution in [2.45, 2.75) is 6.54 Å². The van der Waals surface area contributed by atoms with Crippen LogP contribution in [0.4, 0.5) is 5.82 Å². The number of rotatable bonds is 4. The number of H-pyrrole nitrogens is 1. The van der Waals surface area contributed by atoms with Crippen LogP contribution in [-0.2, 0) is 6.54 Å². The van der Waals surface area contributed by atoms with Gasteiger partial charge in [0.1, 0.15) is 5.82 Å². The normalized spacial score (nSPS) is 10.6. The first kappa shape index (κ1) is 16.4. The summed E-state index contributed by atoms with van der Waals surface area (Å²) in [7, 11) is 0. The average molecular weight is 362 g/mol. The van der Waals surface area contributed by atoms with Crippen LogP contribution in [0.25, 0.3) is 5.69 Å². The van der Waals surface area contributed by atoms with E-state index in [2.05, 4.69) is 10.3 Å². The predicted molar refractivity (Wildman–Crippen MR) is 96.4 cm³/mol. The van der Waals surface area contributed by atoms with Gasteiger partial charge in [-0.15, -0.1) is 0 Å². The van der Waals surface area contributed by atoms with Crippen molar-refractivity contribution >= 4 is 29.0 Å². The minimum absolute atomic E-state index is 0.336. The van der Waals surface area contributed by atoms with Crippen molar-refractivity contribution in [3.63, 3.8) is 0 Å². The summed E-state index contributed by atoms with van der Waals surface area (Å²) in [6.07, 6.45) is 0. The second kappa shape index (κ2) is 6.95. The largest absolute Gasteiger partial charge is 0.367 e. The summed E-state index contributed by atoms with van der Waals surface area (Å²) in [4.78, 5) is 27.1. The zero-order valence-electron chi connectivity index (χ0n) is 12.4. The van der Waals surface area contributed by atoms with Crippen molar-refractivity contribution in [1.82, 2.24) is 9.55 Å². The molecule has 2 N–H and O–H groups in total. The number of aromatic nitrogens is 2. The molecule has 0 saturated carbocycles. The fourth-order valence-corrected chi connectivity index (χ4v) is 2.58. The molecule has 0 fully saturated rings. The Labute approximate surface area is 147 Å². The van der Waals surface area contributed by atoms with Gasteiger partial charge in [0.05, 0.1) is 15.7 Å². The Kier molecular flexibility index (Phi) is 4.74. The lowest BCUT2D eigenvalue weighted by Gasteiger charge is -2.09. The van der Waals surface area contributed by atoms with E-state index in [1.54, 1.807) is 36.4 Å². The molecule has 5 nitrogen and oxygen atoms in total. The van der Waals surface area contributed by atoms with Gasteiger partial charge in [0.15, 0.2) is 0 Å². The highest BCUT2D eigenvalue weighted by Gasteiger charge is 2.06. The number of nitrogens with zero attached hydrogens (tertiary/aromatic N) is 1. The molecule has 24 heavy (non-hydrogen) atoms. The molecule has 0 aliphatic rings. The lowest BCUT2D eigenvalue weighted by atomic mass is 10.2. The van der Waals surface area contributed by atoms with Crippen LogP contribution in [0.2, 0.25) is 10.0 Å². The number of halogens is 2. The summed E-state index contributed by atoms with van der Waals surface area (Å²) >= 11 is 11.8. The Morgan fingerprint density at radius 3 is 2.38 bits per heavy atom. The SMILES string of the molecule is O=c1cc(NCc2ccc(Cl)c(Cl)c2)[nH]c(=O)n1-c1ccccc1. The molecule has 0 radical (unpaired) electrons. The van der Waals surface area contributed by atoms with Gasteiger partial charge >= 0.3 is 5.69 Å². The Morgan fingerprint density at radius 2 is 1.71 bits per heavy atom. The van der Waals surface area contributed by atoms with E-state index in [1.165, 1.54) is 6.07 Å². The lowest BCUT2D eigenvalue weighted by molar-refractivity contribution is 0.873. The standard InChI is InChI=1S/C17H13Cl2N3O2/c18-13-7-6-11(8-14(13)19)10-20-15-9-16(23)22(17(24)21-15)12-4-2-1-3-5-12/h1-9,20H,10H2,(H,21,24). The zero-order valence-corrected chi connectivity index (χ0v) is 13.9. The molecule has 0 spiro atoms. The Bertz CT molecular complexity index is 950. The lowest BCUT2D eigenvalue weighted by Crippen LogP contribution is -2.33. The summed E-state index contributed by atoms with van der Waals surface area (Å²) in [5.74, 6) is 0.336. The number of hydrogen-bond donors (Lipinski definition) is 2. The van der Waals surface area contributed by atoms with E-state index in [9.17, 15) is 9.59 Å². The molecule has 1 heterocycles. The average Bonchev–Trinajstić information content (AvgIpc) is 2.56. The Balaban J connectivity index is 1.84. The molecule has 3 aromatic rings. The number of hydrogen-bond acceptors (Lipinski definition) is 3. The fourth-order valence-electron chi connectivity index (χ4n) is 2.26. The van der Waals surface area contributed by atoms with Gasteiger partial charge in [0.2, 0.25) is 0 Å². The van der Waals surface area contributed by atoms with Crippen LogP contribution in [-0.4, -0.2) is 9.55 Å². The highest BCUT2D eigenvalue weighted by atomic mass is 35.5. The summed E-state index contributed by atoms with van der Waals surface area (Å²) in [5, 5.41) is 3.92. The highest BCUT2D eigenvalue weighted by molar-refractivity contribution is 6.42. The Morgan fingerprint density at radius 1 is 0.958 bits per heavy atom. The highest BCUT2D eigenvalue weighted by Crippen LogP contribution is 2.22. The first-order valence-electron chi connectivity index (χ1n) is 7.14. The van der Waals surface area contributed by atoms with Crippen LogP contribution < -0.4 is 16.6 Å². The van der Waals surface area contributed by atoms with E-state index in [0.717, 1.165) is 10.1 Å². The number of para-hydroxylation sites is 1. The van der Waals surface area contributed by atoms with Gasteiger partial charge < -0.3 is 5.32 Å². The molecule has 3 rings (SSSR count). The second-order valence-electron chi connectivity index (χ2n) is 5.10. The minimum atomic E-state index is -0.509. The van der Waals surface area contributed by atoms with Crippen molar-refractivity contribution in [2.75, 3.05) is 5.32 Å². The maximum absolute atomic E-state index is 12.2. The Hall–Kier alpha value is -2.50. The molecule has 0 amide bonds. The van der Waals surface area contributed by atoms with E-state index in [-0.39, 0.29) is 0 Å². The molecule has 0 aliphatic carbocycles. The van der Waals surface area contributed by atoms with Crippen molar-refractivity contribution in [1.29, 1.82) is 0 Å². The summed E-state index contributed by atoms with van der Waals surface area (Å²) in [5.41, 5.74) is 0.462. The molecule has 122 valence electrons. The van der Waals surface area contributed by atoms with Crippen molar-refractivity contribution in [2.24, 2.45) is 0 Å². The molecule has 1 aromatic heterocycles. The van der Waals surface area contributed by atoms with Crippen LogP contribution in [0.1, 0.15) is 5.56 Å². The maximum atomic E-state index is 12.2. The topological polar surface area (TPSA) is 66.9 Å². The van der Waals surface area contributed by atoms with Gasteiger partial charge in [0, 0.05) is 12.6 Å². The molecular weight excluding hydrogens is 349 g/mol. The van der Waals surface area contributed by atoms with Crippen molar-refractivity contribution in [3.8, 4) is 5.69 Å². The van der Waals surface area contributed by atoms with Crippen LogP contribution >= 0.6 is 23.2 Å². The number of benzene rings is 2. The number of aromatic amines is 1. The van der Waals surface area contributed by atoms with Gasteiger partial charge in [-0.2, -0.15) is 0 Å². The monoisotopic (exact) mass is 361 g/mol. The van der Waals surface area contributed by atoms with Crippen LogP contribution in [0.3, 0.4) is 0 Å². The quantitative estimate of drug-likeness (QED) is 0.747. The fraction of sp³-hybridized carbons (Fsp3) is 0.0588. The number of nitrogens with one attached hydrogen (secondary N) is 2. The summed E-state index contributed by atoms with van der Waals surface area (Å²) in [6.45, 7) is 0.390. The minimum Gasteiger partial charge on any atom is -0.367 e. The molecule has 0 unspecified atom stereocenters. The number of anilines is 1. The third kappa shape index (κ3) is 3.53. The molecule has 0 saturated heterocycles. The van der Waals surface area contributed by atoms with E-state index in [1.807, 2.05) is 12.1 Å². The van der Waals surface area contributed by atoms with Crippen molar-refractivity contribution < 1.29 is 0 Å². The van der Waals surface area contributed by atoms with Crippen LogP contribution in [0, 0.1) is 0 Å². The third-order valence-electron chi connectivity index (χ3n) is 3.41. The molecule has 7 heteroatoms. The van der Waals surface area contributed by atoms with E-state index in [4.69, 9.17) is 23.2 Å². The summed E-state index contributed by atoms with van der Waals surface area (Å²) in [6, 6.07) is 15.3. The van der Waals surface area contributed by atoms with Gasteiger partial charge in [-0.1, -0.05) is 47.5 Å². The van der Waals surface area contributed by atoms with Gasteiger partial charge in [-0.05, 0) is 29.8 Å². The molecule has 0 atom stereocenters.